The molecule has 1 aliphatic heterocycles. The van der Waals surface area contributed by atoms with Crippen molar-refractivity contribution >= 4 is 28.4 Å². The summed E-state index contributed by atoms with van der Waals surface area (Å²) in [6, 6.07) is 4.39. The molecule has 0 aromatic heterocycles. The van der Waals surface area contributed by atoms with Crippen LogP contribution in [0.4, 0.5) is 0 Å². The number of benzene rings is 1. The molecule has 0 aliphatic carbocycles. The second kappa shape index (κ2) is 6.74. The zero-order valence-electron chi connectivity index (χ0n) is 11.9. The molecule has 1 aliphatic rings. The third-order valence-corrected chi connectivity index (χ3v) is 5.42. The van der Waals surface area contributed by atoms with Crippen molar-refractivity contribution in [3.63, 3.8) is 0 Å². The number of hydrogen-bond donors (Lipinski definition) is 1. The average Bonchev–Trinajstić information content (AvgIpc) is 2.85. The summed E-state index contributed by atoms with van der Waals surface area (Å²) < 4.78 is 31.1. The summed E-state index contributed by atoms with van der Waals surface area (Å²) in [7, 11) is -2.36. The van der Waals surface area contributed by atoms with Gasteiger partial charge in [-0.05, 0) is 31.0 Å². The largest absolute Gasteiger partial charge is 0.465 e. The van der Waals surface area contributed by atoms with E-state index < -0.39 is 16.0 Å². The summed E-state index contributed by atoms with van der Waals surface area (Å²) in [6.45, 7) is 2.42. The van der Waals surface area contributed by atoms with Gasteiger partial charge in [0.1, 0.15) is 0 Å². The Hall–Kier alpha value is -1.15. The highest BCUT2D eigenvalue weighted by Gasteiger charge is 2.32. The number of carbonyl (C=O) groups is 1. The molecule has 1 heterocycles. The van der Waals surface area contributed by atoms with Gasteiger partial charge in [0.25, 0.3) is 0 Å². The number of sulfonamides is 1. The molecule has 2 rings (SSSR count). The molecule has 118 valence electrons. The van der Waals surface area contributed by atoms with E-state index in [1.165, 1.54) is 17.5 Å². The van der Waals surface area contributed by atoms with Gasteiger partial charge in [-0.15, -0.1) is 12.4 Å². The Bertz CT molecular complexity index is 633. The molecule has 1 atom stereocenters. The van der Waals surface area contributed by atoms with Crippen molar-refractivity contribution < 1.29 is 17.9 Å². The van der Waals surface area contributed by atoms with Crippen molar-refractivity contribution in [2.75, 3.05) is 20.2 Å². The van der Waals surface area contributed by atoms with Gasteiger partial charge in [-0.25, -0.2) is 13.2 Å². The fourth-order valence-electron chi connectivity index (χ4n) is 2.23. The molecule has 8 heteroatoms. The van der Waals surface area contributed by atoms with Gasteiger partial charge in [-0.3, -0.25) is 0 Å². The number of carbonyl (C=O) groups excluding carboxylic acids is 1. The minimum atomic E-state index is -3.62. The quantitative estimate of drug-likeness (QED) is 0.830. The van der Waals surface area contributed by atoms with Gasteiger partial charge in [0.15, 0.2) is 0 Å². The van der Waals surface area contributed by atoms with Crippen molar-refractivity contribution in [3.8, 4) is 0 Å². The lowest BCUT2D eigenvalue weighted by Crippen LogP contribution is -2.32. The Balaban J connectivity index is 0.00000220. The van der Waals surface area contributed by atoms with E-state index >= 15 is 0 Å². The van der Waals surface area contributed by atoms with Crippen LogP contribution in [0.1, 0.15) is 22.3 Å². The average molecular weight is 335 g/mol. The number of methoxy groups -OCH3 is 1. The van der Waals surface area contributed by atoms with Crippen LogP contribution in [-0.2, 0) is 14.8 Å². The molecule has 0 spiro atoms. The van der Waals surface area contributed by atoms with Gasteiger partial charge in [-0.1, -0.05) is 6.07 Å². The zero-order chi connectivity index (χ0) is 14.9. The third kappa shape index (κ3) is 3.55. The van der Waals surface area contributed by atoms with Gasteiger partial charge in [-0.2, -0.15) is 4.31 Å². The number of nitrogens with zero attached hydrogens (tertiary/aromatic N) is 1. The Labute approximate surface area is 130 Å². The first kappa shape index (κ1) is 17.9. The van der Waals surface area contributed by atoms with Crippen molar-refractivity contribution in [1.82, 2.24) is 4.31 Å². The zero-order valence-corrected chi connectivity index (χ0v) is 13.5. The first-order chi connectivity index (χ1) is 9.36. The SMILES string of the molecule is COC(=O)c1ccc(C)c(S(=O)(=O)N2CC[C@H](N)C2)c1.Cl. The fraction of sp³-hybridized carbons (Fsp3) is 0.462. The summed E-state index contributed by atoms with van der Waals surface area (Å²) in [5.74, 6) is -0.556. The maximum absolute atomic E-state index is 12.6. The van der Waals surface area contributed by atoms with E-state index in [1.54, 1.807) is 19.1 Å². The fourth-order valence-corrected chi connectivity index (χ4v) is 4.00. The van der Waals surface area contributed by atoms with Crippen LogP contribution in [0.3, 0.4) is 0 Å². The minimum Gasteiger partial charge on any atom is -0.465 e. The molecular formula is C13H19ClN2O4S. The van der Waals surface area contributed by atoms with Gasteiger partial charge in [0.05, 0.1) is 17.6 Å². The molecule has 0 radical (unpaired) electrons. The van der Waals surface area contributed by atoms with Gasteiger partial charge < -0.3 is 10.5 Å². The van der Waals surface area contributed by atoms with Crippen LogP contribution >= 0.6 is 12.4 Å². The Morgan fingerprint density at radius 2 is 2.10 bits per heavy atom. The lowest BCUT2D eigenvalue weighted by atomic mass is 10.1. The third-order valence-electron chi connectivity index (χ3n) is 3.41. The molecule has 0 amide bonds. The molecule has 1 aromatic rings. The van der Waals surface area contributed by atoms with E-state index in [9.17, 15) is 13.2 Å². The van der Waals surface area contributed by atoms with Crippen LogP contribution in [0, 0.1) is 6.92 Å². The topological polar surface area (TPSA) is 89.7 Å². The van der Waals surface area contributed by atoms with Crippen molar-refractivity contribution in [2.24, 2.45) is 5.73 Å². The Morgan fingerprint density at radius 3 is 2.62 bits per heavy atom. The molecule has 0 unspecified atom stereocenters. The van der Waals surface area contributed by atoms with Gasteiger partial charge in [0, 0.05) is 19.1 Å². The molecule has 1 saturated heterocycles. The number of aryl methyl sites for hydroxylation is 1. The highest BCUT2D eigenvalue weighted by atomic mass is 35.5. The Morgan fingerprint density at radius 1 is 1.43 bits per heavy atom. The number of rotatable bonds is 3. The summed E-state index contributed by atoms with van der Waals surface area (Å²) >= 11 is 0. The summed E-state index contributed by atoms with van der Waals surface area (Å²) in [4.78, 5) is 11.7. The standard InChI is InChI=1S/C13H18N2O4S.ClH/c1-9-3-4-10(13(16)19-2)7-12(9)20(17,18)15-6-5-11(14)8-15;/h3-4,7,11H,5-6,8,14H2,1-2H3;1H/t11-;/m0./s1. The minimum absolute atomic E-state index is 0. The molecule has 2 N–H and O–H groups in total. The maximum Gasteiger partial charge on any atom is 0.337 e. The van der Waals surface area contributed by atoms with Crippen LogP contribution in [-0.4, -0.2) is 44.9 Å². The first-order valence-electron chi connectivity index (χ1n) is 6.31. The van der Waals surface area contributed by atoms with Crippen molar-refractivity contribution in [3.05, 3.63) is 29.3 Å². The predicted octanol–water partition coefficient (Wildman–Crippen LogP) is 0.925. The number of hydrogen-bond acceptors (Lipinski definition) is 5. The molecule has 1 fully saturated rings. The summed E-state index contributed by atoms with van der Waals surface area (Å²) in [5, 5.41) is 0. The monoisotopic (exact) mass is 334 g/mol. The van der Waals surface area contributed by atoms with E-state index in [-0.39, 0.29) is 28.9 Å². The highest BCUT2D eigenvalue weighted by molar-refractivity contribution is 7.89. The number of halogens is 1. The van der Waals surface area contributed by atoms with Gasteiger partial charge >= 0.3 is 5.97 Å². The van der Waals surface area contributed by atoms with Gasteiger partial charge in [0.2, 0.25) is 10.0 Å². The number of esters is 1. The lowest BCUT2D eigenvalue weighted by molar-refractivity contribution is 0.0600. The molecule has 21 heavy (non-hydrogen) atoms. The van der Waals surface area contributed by atoms with Crippen LogP contribution in [0.5, 0.6) is 0 Å². The van der Waals surface area contributed by atoms with Crippen LogP contribution in [0.15, 0.2) is 23.1 Å². The summed E-state index contributed by atoms with van der Waals surface area (Å²) in [5.41, 5.74) is 6.58. The second-order valence-electron chi connectivity index (χ2n) is 4.88. The predicted molar refractivity (Wildman–Crippen MR) is 81.1 cm³/mol. The molecular weight excluding hydrogens is 316 g/mol. The van der Waals surface area contributed by atoms with Crippen LogP contribution < -0.4 is 5.73 Å². The normalized spacial score (nSPS) is 19.1. The van der Waals surface area contributed by atoms with E-state index in [0.29, 0.717) is 25.1 Å². The highest BCUT2D eigenvalue weighted by Crippen LogP contribution is 2.24. The summed E-state index contributed by atoms with van der Waals surface area (Å²) in [6.07, 6.45) is 0.648. The molecule has 1 aromatic carbocycles. The van der Waals surface area contributed by atoms with E-state index in [2.05, 4.69) is 4.74 Å². The van der Waals surface area contributed by atoms with Crippen LogP contribution in [0.25, 0.3) is 0 Å². The van der Waals surface area contributed by atoms with E-state index in [0.717, 1.165) is 0 Å². The number of ether oxygens (including phenoxy) is 1. The smallest absolute Gasteiger partial charge is 0.337 e. The Kier molecular flexibility index (Phi) is 5.75. The first-order valence-corrected chi connectivity index (χ1v) is 7.75. The maximum atomic E-state index is 12.6. The van der Waals surface area contributed by atoms with E-state index in [4.69, 9.17) is 5.73 Å². The second-order valence-corrected chi connectivity index (χ2v) is 6.79. The van der Waals surface area contributed by atoms with Crippen molar-refractivity contribution in [2.45, 2.75) is 24.3 Å². The number of nitrogens with two attached hydrogens (primary N) is 1. The lowest BCUT2D eigenvalue weighted by Gasteiger charge is -2.18. The van der Waals surface area contributed by atoms with Crippen LogP contribution in [0.2, 0.25) is 0 Å². The molecule has 6 nitrogen and oxygen atoms in total. The molecule has 0 bridgehead atoms. The van der Waals surface area contributed by atoms with E-state index in [1.807, 2.05) is 0 Å². The molecule has 0 saturated carbocycles. The van der Waals surface area contributed by atoms with Crippen molar-refractivity contribution in [1.29, 1.82) is 0 Å².